The Morgan fingerprint density at radius 3 is 2.83 bits per heavy atom. The molecular weight excluding hydrogens is 252 g/mol. The summed E-state index contributed by atoms with van der Waals surface area (Å²) in [5, 5.41) is 9.49. The lowest BCUT2D eigenvalue weighted by Crippen LogP contribution is -2.13. The summed E-state index contributed by atoms with van der Waals surface area (Å²) in [5.41, 5.74) is 0.655. The maximum Gasteiger partial charge on any atom is 0.210 e. The second-order valence-corrected chi connectivity index (χ2v) is 5.51. The van der Waals surface area contributed by atoms with Crippen molar-refractivity contribution in [2.75, 3.05) is 18.1 Å². The van der Waals surface area contributed by atoms with Gasteiger partial charge in [-0.25, -0.2) is 0 Å². The van der Waals surface area contributed by atoms with E-state index in [0.717, 1.165) is 5.39 Å². The number of rotatable bonds is 6. The molecule has 1 aromatic carbocycles. The van der Waals surface area contributed by atoms with Gasteiger partial charge in [-0.1, -0.05) is 18.2 Å². The molecular formula is C13H14O4S. The lowest BCUT2D eigenvalue weighted by molar-refractivity contribution is 0.0993. The van der Waals surface area contributed by atoms with Gasteiger partial charge >= 0.3 is 0 Å². The van der Waals surface area contributed by atoms with Gasteiger partial charge in [0, 0.05) is 28.5 Å². The molecule has 0 radical (unpaired) electrons. The van der Waals surface area contributed by atoms with Crippen molar-refractivity contribution < 1.29 is 18.5 Å². The Morgan fingerprint density at radius 2 is 2.11 bits per heavy atom. The number of para-hydroxylation sites is 1. The van der Waals surface area contributed by atoms with Crippen molar-refractivity contribution in [3.05, 3.63) is 36.1 Å². The van der Waals surface area contributed by atoms with Gasteiger partial charge in [0.1, 0.15) is 5.58 Å². The van der Waals surface area contributed by atoms with Crippen molar-refractivity contribution in [2.24, 2.45) is 0 Å². The molecule has 0 bridgehead atoms. The number of hydrogen-bond acceptors (Lipinski definition) is 4. The van der Waals surface area contributed by atoms with Crippen LogP contribution in [-0.4, -0.2) is 33.2 Å². The third-order valence-corrected chi connectivity index (χ3v) is 3.85. The average Bonchev–Trinajstić information content (AvgIpc) is 2.80. The molecule has 4 nitrogen and oxygen atoms in total. The summed E-state index contributed by atoms with van der Waals surface area (Å²) < 4.78 is 16.9. The molecule has 2 aromatic rings. The van der Waals surface area contributed by atoms with E-state index in [2.05, 4.69) is 0 Å². The number of ketones is 1. The topological polar surface area (TPSA) is 67.5 Å². The largest absolute Gasteiger partial charge is 0.453 e. The fourth-order valence-corrected chi connectivity index (χ4v) is 2.66. The summed E-state index contributed by atoms with van der Waals surface area (Å²) >= 11 is 0. The molecule has 0 amide bonds. The van der Waals surface area contributed by atoms with Crippen LogP contribution in [0.15, 0.2) is 34.7 Å². The molecule has 0 aliphatic heterocycles. The molecule has 0 saturated heterocycles. The van der Waals surface area contributed by atoms with Crippen LogP contribution in [0.4, 0.5) is 0 Å². The maximum absolute atomic E-state index is 11.8. The van der Waals surface area contributed by atoms with Gasteiger partial charge in [-0.15, -0.1) is 0 Å². The van der Waals surface area contributed by atoms with Gasteiger partial charge in [0.2, 0.25) is 5.78 Å². The highest BCUT2D eigenvalue weighted by atomic mass is 32.2. The number of furan rings is 1. The summed E-state index contributed by atoms with van der Waals surface area (Å²) in [7, 11) is -1.24. The Kier molecular flexibility index (Phi) is 4.28. The number of Topliss-reactive ketones (excluding diaryl/α,β-unsaturated/α-hetero) is 1. The van der Waals surface area contributed by atoms with Crippen molar-refractivity contribution in [1.29, 1.82) is 0 Å². The van der Waals surface area contributed by atoms with E-state index < -0.39 is 10.8 Å². The highest BCUT2D eigenvalue weighted by Crippen LogP contribution is 2.19. The van der Waals surface area contributed by atoms with Gasteiger partial charge in [0.25, 0.3) is 0 Å². The first-order chi connectivity index (χ1) is 8.70. The number of hydrogen-bond donors (Lipinski definition) is 1. The molecule has 18 heavy (non-hydrogen) atoms. The van der Waals surface area contributed by atoms with E-state index in [1.165, 1.54) is 0 Å². The fraction of sp³-hybridized carbons (Fsp3) is 0.308. The molecule has 2 rings (SSSR count). The zero-order chi connectivity index (χ0) is 13.0. The standard InChI is InChI=1S/C13H14O4S/c14-6-3-7-18(16)9-11(15)13-8-10-4-1-2-5-12(10)17-13/h1-2,4-5,8,14H,3,6-7,9H2. The molecule has 1 atom stereocenters. The minimum atomic E-state index is -1.24. The smallest absolute Gasteiger partial charge is 0.210 e. The van der Waals surface area contributed by atoms with Crippen molar-refractivity contribution in [3.8, 4) is 0 Å². The van der Waals surface area contributed by atoms with Crippen molar-refractivity contribution in [3.63, 3.8) is 0 Å². The second kappa shape index (κ2) is 5.93. The van der Waals surface area contributed by atoms with E-state index in [0.29, 0.717) is 17.8 Å². The van der Waals surface area contributed by atoms with Crippen LogP contribution in [0.2, 0.25) is 0 Å². The number of aliphatic hydroxyl groups excluding tert-OH is 1. The average molecular weight is 266 g/mol. The molecule has 1 N–H and O–H groups in total. The fourth-order valence-electron chi connectivity index (χ4n) is 1.63. The Morgan fingerprint density at radius 1 is 1.33 bits per heavy atom. The zero-order valence-electron chi connectivity index (χ0n) is 9.80. The lowest BCUT2D eigenvalue weighted by Gasteiger charge is -1.98. The quantitative estimate of drug-likeness (QED) is 0.809. The van der Waals surface area contributed by atoms with Crippen LogP contribution < -0.4 is 0 Å². The Labute approximate surface area is 107 Å². The number of carbonyl (C=O) groups is 1. The van der Waals surface area contributed by atoms with Crippen LogP contribution in [0.3, 0.4) is 0 Å². The zero-order valence-corrected chi connectivity index (χ0v) is 10.6. The summed E-state index contributed by atoms with van der Waals surface area (Å²) in [6.07, 6.45) is 0.444. The van der Waals surface area contributed by atoms with Gasteiger partial charge in [-0.05, 0) is 18.6 Å². The number of carbonyl (C=O) groups excluding carboxylic acids is 1. The molecule has 1 aromatic heterocycles. The summed E-state index contributed by atoms with van der Waals surface area (Å²) in [4.78, 5) is 11.8. The van der Waals surface area contributed by atoms with Gasteiger partial charge in [-0.2, -0.15) is 0 Å². The minimum absolute atomic E-state index is 0.00936. The molecule has 0 aliphatic rings. The monoisotopic (exact) mass is 266 g/mol. The van der Waals surface area contributed by atoms with Crippen LogP contribution in [0.5, 0.6) is 0 Å². The van der Waals surface area contributed by atoms with Crippen LogP contribution >= 0.6 is 0 Å². The van der Waals surface area contributed by atoms with E-state index >= 15 is 0 Å². The van der Waals surface area contributed by atoms with Gasteiger partial charge in [-0.3, -0.25) is 9.00 Å². The van der Waals surface area contributed by atoms with E-state index in [9.17, 15) is 9.00 Å². The van der Waals surface area contributed by atoms with Crippen molar-refractivity contribution in [1.82, 2.24) is 0 Å². The van der Waals surface area contributed by atoms with Crippen molar-refractivity contribution in [2.45, 2.75) is 6.42 Å². The van der Waals surface area contributed by atoms with Crippen LogP contribution in [0, 0.1) is 0 Å². The highest BCUT2D eigenvalue weighted by molar-refractivity contribution is 7.85. The Bertz CT molecular complexity index is 540. The van der Waals surface area contributed by atoms with Gasteiger partial charge in [0.05, 0.1) is 5.75 Å². The predicted molar refractivity (Wildman–Crippen MR) is 70.1 cm³/mol. The molecule has 1 heterocycles. The summed E-state index contributed by atoms with van der Waals surface area (Å²) in [5.74, 6) is 0.262. The number of aliphatic hydroxyl groups is 1. The molecule has 0 spiro atoms. The highest BCUT2D eigenvalue weighted by Gasteiger charge is 2.15. The number of benzene rings is 1. The SMILES string of the molecule is O=C(CS(=O)CCCO)c1cc2ccccc2o1. The molecule has 0 saturated carbocycles. The van der Waals surface area contributed by atoms with Crippen LogP contribution in [0.25, 0.3) is 11.0 Å². The normalized spacial score (nSPS) is 12.7. The summed E-state index contributed by atoms with van der Waals surface area (Å²) in [6, 6.07) is 9.01. The van der Waals surface area contributed by atoms with Gasteiger partial charge < -0.3 is 9.52 Å². The second-order valence-electron chi connectivity index (χ2n) is 3.94. The minimum Gasteiger partial charge on any atom is -0.453 e. The van der Waals surface area contributed by atoms with E-state index in [4.69, 9.17) is 9.52 Å². The van der Waals surface area contributed by atoms with Gasteiger partial charge in [0.15, 0.2) is 5.76 Å². The van der Waals surface area contributed by atoms with E-state index in [1.54, 1.807) is 12.1 Å². The molecule has 5 heteroatoms. The summed E-state index contributed by atoms with van der Waals surface area (Å²) in [6.45, 7) is -0.00936. The van der Waals surface area contributed by atoms with E-state index in [1.807, 2.05) is 18.2 Å². The van der Waals surface area contributed by atoms with Crippen LogP contribution in [0.1, 0.15) is 17.0 Å². The number of fused-ring (bicyclic) bond motifs is 1. The van der Waals surface area contributed by atoms with Crippen molar-refractivity contribution >= 4 is 27.6 Å². The molecule has 0 aliphatic carbocycles. The first kappa shape index (κ1) is 13.0. The van der Waals surface area contributed by atoms with E-state index in [-0.39, 0.29) is 23.9 Å². The Hall–Kier alpha value is -1.46. The first-order valence-corrected chi connectivity index (χ1v) is 7.17. The molecule has 1 unspecified atom stereocenters. The molecule has 96 valence electrons. The predicted octanol–water partition coefficient (Wildman–Crippen LogP) is 1.75. The lowest BCUT2D eigenvalue weighted by atomic mass is 10.2. The third-order valence-electron chi connectivity index (χ3n) is 2.52. The maximum atomic E-state index is 11.8. The Balaban J connectivity index is 2.06. The first-order valence-electron chi connectivity index (χ1n) is 5.68. The van der Waals surface area contributed by atoms with Crippen LogP contribution in [-0.2, 0) is 10.8 Å². The third kappa shape index (κ3) is 3.05. The molecule has 0 fully saturated rings.